The summed E-state index contributed by atoms with van der Waals surface area (Å²) in [4.78, 5) is 10.7. The third kappa shape index (κ3) is 2.14. The predicted octanol–water partition coefficient (Wildman–Crippen LogP) is 2.67. The molecule has 3 heteroatoms. The van der Waals surface area contributed by atoms with Crippen LogP contribution in [0.25, 0.3) is 0 Å². The zero-order chi connectivity index (χ0) is 12.5. The summed E-state index contributed by atoms with van der Waals surface area (Å²) >= 11 is 0. The van der Waals surface area contributed by atoms with Gasteiger partial charge >= 0.3 is 0 Å². The first-order chi connectivity index (χ1) is 8.07. The van der Waals surface area contributed by atoms with Gasteiger partial charge < -0.3 is 10.1 Å². The summed E-state index contributed by atoms with van der Waals surface area (Å²) in [6.07, 6.45) is 1.58. The standard InChI is InChI=1S/C14H19NO2/c1-10(2)14(3)8-12(15-9-16)11-6-4-5-7-13(11)17-14/h4-7,9-10,12H,8H2,1-3H3,(H,15,16). The molecule has 1 aromatic carbocycles. The van der Waals surface area contributed by atoms with Gasteiger partial charge in [-0.1, -0.05) is 32.0 Å². The van der Waals surface area contributed by atoms with Crippen molar-refractivity contribution in [3.63, 3.8) is 0 Å². The van der Waals surface area contributed by atoms with Gasteiger partial charge in [0.2, 0.25) is 6.41 Å². The summed E-state index contributed by atoms with van der Waals surface area (Å²) in [6.45, 7) is 6.39. The molecule has 92 valence electrons. The Balaban J connectivity index is 2.38. The van der Waals surface area contributed by atoms with Crippen molar-refractivity contribution in [2.24, 2.45) is 5.92 Å². The molecule has 1 heterocycles. The molecule has 0 spiro atoms. The average molecular weight is 233 g/mol. The first-order valence-corrected chi connectivity index (χ1v) is 6.04. The Labute approximate surface area is 102 Å². The third-order valence-corrected chi connectivity index (χ3v) is 3.74. The fourth-order valence-electron chi connectivity index (χ4n) is 2.25. The number of para-hydroxylation sites is 1. The molecule has 2 unspecified atom stereocenters. The maximum absolute atomic E-state index is 10.7. The van der Waals surface area contributed by atoms with E-state index in [0.29, 0.717) is 5.92 Å². The number of hydrogen-bond donors (Lipinski definition) is 1. The Morgan fingerprint density at radius 1 is 1.47 bits per heavy atom. The summed E-state index contributed by atoms with van der Waals surface area (Å²) in [7, 11) is 0. The van der Waals surface area contributed by atoms with Crippen molar-refractivity contribution in [2.45, 2.75) is 38.8 Å². The summed E-state index contributed by atoms with van der Waals surface area (Å²) < 4.78 is 6.10. The van der Waals surface area contributed by atoms with Crippen molar-refractivity contribution in [1.82, 2.24) is 5.32 Å². The number of amides is 1. The Bertz CT molecular complexity index is 416. The maximum atomic E-state index is 10.7. The van der Waals surface area contributed by atoms with E-state index in [1.54, 1.807) is 0 Å². The van der Waals surface area contributed by atoms with Crippen molar-refractivity contribution < 1.29 is 9.53 Å². The summed E-state index contributed by atoms with van der Waals surface area (Å²) in [6, 6.07) is 7.96. The SMILES string of the molecule is CC(C)C1(C)CC(NC=O)c2ccccc2O1. The number of benzene rings is 1. The lowest BCUT2D eigenvalue weighted by Crippen LogP contribution is -2.45. The second kappa shape index (κ2) is 4.40. The minimum Gasteiger partial charge on any atom is -0.487 e. The van der Waals surface area contributed by atoms with E-state index in [0.717, 1.165) is 24.1 Å². The Hall–Kier alpha value is -1.51. The maximum Gasteiger partial charge on any atom is 0.207 e. The van der Waals surface area contributed by atoms with E-state index in [2.05, 4.69) is 26.1 Å². The van der Waals surface area contributed by atoms with E-state index < -0.39 is 0 Å². The molecular formula is C14H19NO2. The van der Waals surface area contributed by atoms with Crippen molar-refractivity contribution in [3.05, 3.63) is 29.8 Å². The quantitative estimate of drug-likeness (QED) is 0.815. The van der Waals surface area contributed by atoms with Gasteiger partial charge in [0.15, 0.2) is 0 Å². The molecule has 1 aromatic rings. The third-order valence-electron chi connectivity index (χ3n) is 3.74. The van der Waals surface area contributed by atoms with Gasteiger partial charge in [-0.15, -0.1) is 0 Å². The van der Waals surface area contributed by atoms with E-state index in [1.165, 1.54) is 0 Å². The van der Waals surface area contributed by atoms with Gasteiger partial charge in [0.1, 0.15) is 11.4 Å². The van der Waals surface area contributed by atoms with E-state index in [1.807, 2.05) is 24.3 Å². The summed E-state index contributed by atoms with van der Waals surface area (Å²) in [5.74, 6) is 1.28. The number of rotatable bonds is 3. The van der Waals surface area contributed by atoms with E-state index in [4.69, 9.17) is 4.74 Å². The second-order valence-electron chi connectivity index (χ2n) is 5.15. The molecule has 1 N–H and O–H groups in total. The van der Waals surface area contributed by atoms with Gasteiger partial charge in [-0.2, -0.15) is 0 Å². The normalized spacial score (nSPS) is 27.2. The molecule has 0 aromatic heterocycles. The van der Waals surface area contributed by atoms with Crippen LogP contribution in [0.4, 0.5) is 0 Å². The molecule has 0 saturated heterocycles. The molecule has 2 rings (SSSR count). The fourth-order valence-corrected chi connectivity index (χ4v) is 2.25. The van der Waals surface area contributed by atoms with Crippen LogP contribution >= 0.6 is 0 Å². The number of carbonyl (C=O) groups is 1. The number of hydrogen-bond acceptors (Lipinski definition) is 2. The zero-order valence-electron chi connectivity index (χ0n) is 10.6. The van der Waals surface area contributed by atoms with Crippen molar-refractivity contribution >= 4 is 6.41 Å². The Morgan fingerprint density at radius 2 is 2.18 bits per heavy atom. The van der Waals surface area contributed by atoms with Gasteiger partial charge in [-0.25, -0.2) is 0 Å². The summed E-state index contributed by atoms with van der Waals surface area (Å²) in [5, 5.41) is 2.89. The number of nitrogens with one attached hydrogen (secondary N) is 1. The minimum atomic E-state index is -0.227. The van der Waals surface area contributed by atoms with Crippen LogP contribution in [0.5, 0.6) is 5.75 Å². The van der Waals surface area contributed by atoms with Crippen LogP contribution < -0.4 is 10.1 Å². The Kier molecular flexibility index (Phi) is 3.09. The molecule has 1 amide bonds. The number of fused-ring (bicyclic) bond motifs is 1. The molecule has 1 aliphatic heterocycles. The van der Waals surface area contributed by atoms with Gasteiger partial charge in [0.05, 0.1) is 6.04 Å². The van der Waals surface area contributed by atoms with Crippen LogP contribution in [0, 0.1) is 5.92 Å². The molecular weight excluding hydrogens is 214 g/mol. The van der Waals surface area contributed by atoms with Crippen LogP contribution in [-0.2, 0) is 4.79 Å². The van der Waals surface area contributed by atoms with Gasteiger partial charge in [0, 0.05) is 12.0 Å². The molecule has 1 aliphatic rings. The first kappa shape index (κ1) is 12.0. The van der Waals surface area contributed by atoms with Gasteiger partial charge in [0.25, 0.3) is 0 Å². The van der Waals surface area contributed by atoms with Crippen molar-refractivity contribution in [2.75, 3.05) is 0 Å². The van der Waals surface area contributed by atoms with E-state index in [9.17, 15) is 4.79 Å². The van der Waals surface area contributed by atoms with Crippen LogP contribution in [0.2, 0.25) is 0 Å². The number of carbonyl (C=O) groups excluding carboxylic acids is 1. The first-order valence-electron chi connectivity index (χ1n) is 6.04. The van der Waals surface area contributed by atoms with Crippen LogP contribution in [-0.4, -0.2) is 12.0 Å². The monoisotopic (exact) mass is 233 g/mol. The largest absolute Gasteiger partial charge is 0.487 e. The molecule has 0 fully saturated rings. The lowest BCUT2D eigenvalue weighted by Gasteiger charge is -2.42. The van der Waals surface area contributed by atoms with Crippen LogP contribution in [0.1, 0.15) is 38.8 Å². The highest BCUT2D eigenvalue weighted by molar-refractivity contribution is 5.50. The second-order valence-corrected chi connectivity index (χ2v) is 5.15. The predicted molar refractivity (Wildman–Crippen MR) is 66.9 cm³/mol. The van der Waals surface area contributed by atoms with Gasteiger partial charge in [-0.3, -0.25) is 4.79 Å². The van der Waals surface area contributed by atoms with Gasteiger partial charge in [-0.05, 0) is 18.9 Å². The molecule has 2 atom stereocenters. The molecule has 17 heavy (non-hydrogen) atoms. The lowest BCUT2D eigenvalue weighted by molar-refractivity contribution is -0.110. The molecule has 0 aliphatic carbocycles. The zero-order valence-corrected chi connectivity index (χ0v) is 10.6. The highest BCUT2D eigenvalue weighted by atomic mass is 16.5. The lowest BCUT2D eigenvalue weighted by atomic mass is 9.81. The molecule has 0 saturated carbocycles. The van der Waals surface area contributed by atoms with E-state index >= 15 is 0 Å². The van der Waals surface area contributed by atoms with Crippen LogP contribution in [0.3, 0.4) is 0 Å². The topological polar surface area (TPSA) is 38.3 Å². The minimum absolute atomic E-state index is 0.0462. The van der Waals surface area contributed by atoms with E-state index in [-0.39, 0.29) is 11.6 Å². The average Bonchev–Trinajstić information content (AvgIpc) is 2.29. The molecule has 0 radical (unpaired) electrons. The fraction of sp³-hybridized carbons (Fsp3) is 0.500. The summed E-state index contributed by atoms with van der Waals surface area (Å²) in [5.41, 5.74) is 0.840. The smallest absolute Gasteiger partial charge is 0.207 e. The number of ether oxygens (including phenoxy) is 1. The Morgan fingerprint density at radius 3 is 2.82 bits per heavy atom. The van der Waals surface area contributed by atoms with Crippen LogP contribution in [0.15, 0.2) is 24.3 Å². The highest BCUT2D eigenvalue weighted by Gasteiger charge is 2.39. The van der Waals surface area contributed by atoms with Crippen molar-refractivity contribution in [1.29, 1.82) is 0 Å². The molecule has 0 bridgehead atoms. The highest BCUT2D eigenvalue weighted by Crippen LogP contribution is 2.42. The van der Waals surface area contributed by atoms with Crippen molar-refractivity contribution in [3.8, 4) is 5.75 Å². The molecule has 3 nitrogen and oxygen atoms in total.